The minimum absolute atomic E-state index is 0.136. The molecule has 0 saturated carbocycles. The number of hydrogen-bond donors (Lipinski definition) is 0. The molecule has 0 aromatic heterocycles. The summed E-state index contributed by atoms with van der Waals surface area (Å²) in [7, 11) is 0. The molecule has 17 heavy (non-hydrogen) atoms. The Labute approximate surface area is 109 Å². The van der Waals surface area contributed by atoms with Crippen LogP contribution in [-0.4, -0.2) is 66.5 Å². The highest BCUT2D eigenvalue weighted by atomic mass is 35.5. The molecule has 1 fully saturated rings. The average Bonchev–Trinajstić information content (AvgIpc) is 2.18. The van der Waals surface area contributed by atoms with Crippen LogP contribution in [0.2, 0.25) is 0 Å². The SMILES string of the molecule is CC(C)(C)OC(=O)CN1CCN(CCCl)CC1. The highest BCUT2D eigenvalue weighted by Crippen LogP contribution is 2.08. The Hall–Kier alpha value is -0.320. The van der Waals surface area contributed by atoms with Gasteiger partial charge in [-0.05, 0) is 20.8 Å². The number of halogens is 1. The van der Waals surface area contributed by atoms with Gasteiger partial charge in [0.05, 0.1) is 6.54 Å². The van der Waals surface area contributed by atoms with Gasteiger partial charge in [0.15, 0.2) is 0 Å². The van der Waals surface area contributed by atoms with Crippen molar-refractivity contribution >= 4 is 17.6 Å². The summed E-state index contributed by atoms with van der Waals surface area (Å²) in [5.74, 6) is 0.537. The zero-order valence-electron chi connectivity index (χ0n) is 11.0. The number of piperazine rings is 1. The fourth-order valence-electron chi connectivity index (χ4n) is 1.85. The molecule has 0 aromatic carbocycles. The van der Waals surface area contributed by atoms with Gasteiger partial charge < -0.3 is 4.74 Å². The number of alkyl halides is 1. The molecular weight excluding hydrogens is 240 g/mol. The van der Waals surface area contributed by atoms with E-state index in [0.717, 1.165) is 32.7 Å². The van der Waals surface area contributed by atoms with Crippen LogP contribution in [0.4, 0.5) is 0 Å². The largest absolute Gasteiger partial charge is 0.459 e. The van der Waals surface area contributed by atoms with Gasteiger partial charge in [0.25, 0.3) is 0 Å². The van der Waals surface area contributed by atoms with E-state index in [0.29, 0.717) is 12.4 Å². The van der Waals surface area contributed by atoms with E-state index in [9.17, 15) is 4.79 Å². The van der Waals surface area contributed by atoms with Gasteiger partial charge in [-0.3, -0.25) is 14.6 Å². The summed E-state index contributed by atoms with van der Waals surface area (Å²) in [6.07, 6.45) is 0. The summed E-state index contributed by atoms with van der Waals surface area (Å²) in [6.45, 7) is 10.8. The van der Waals surface area contributed by atoms with Crippen LogP contribution >= 0.6 is 11.6 Å². The summed E-state index contributed by atoms with van der Waals surface area (Å²) < 4.78 is 5.30. The van der Waals surface area contributed by atoms with E-state index in [2.05, 4.69) is 9.80 Å². The first-order chi connectivity index (χ1) is 7.90. The van der Waals surface area contributed by atoms with E-state index in [1.54, 1.807) is 0 Å². The third kappa shape index (κ3) is 6.24. The van der Waals surface area contributed by atoms with Gasteiger partial charge in [-0.2, -0.15) is 0 Å². The first kappa shape index (κ1) is 14.7. The molecule has 4 nitrogen and oxygen atoms in total. The average molecular weight is 263 g/mol. The second-order valence-corrected chi connectivity index (χ2v) is 5.77. The molecule has 0 unspecified atom stereocenters. The van der Waals surface area contributed by atoms with E-state index >= 15 is 0 Å². The highest BCUT2D eigenvalue weighted by molar-refractivity contribution is 6.18. The molecule has 1 aliphatic rings. The summed E-state index contributed by atoms with van der Waals surface area (Å²) >= 11 is 5.70. The van der Waals surface area contributed by atoms with Gasteiger partial charge in [0.1, 0.15) is 5.60 Å². The molecule has 0 aromatic rings. The van der Waals surface area contributed by atoms with Gasteiger partial charge in [0.2, 0.25) is 0 Å². The number of rotatable bonds is 4. The lowest BCUT2D eigenvalue weighted by molar-refractivity contribution is -0.156. The van der Waals surface area contributed by atoms with Gasteiger partial charge >= 0.3 is 5.97 Å². The van der Waals surface area contributed by atoms with Crippen molar-refractivity contribution in [1.29, 1.82) is 0 Å². The van der Waals surface area contributed by atoms with Crippen molar-refractivity contribution in [3.63, 3.8) is 0 Å². The lowest BCUT2D eigenvalue weighted by Gasteiger charge is -2.34. The number of hydrogen-bond acceptors (Lipinski definition) is 4. The summed E-state index contributed by atoms with van der Waals surface area (Å²) in [5.41, 5.74) is -0.391. The fourth-order valence-corrected chi connectivity index (χ4v) is 2.09. The number of carbonyl (C=O) groups is 1. The molecule has 1 saturated heterocycles. The Bertz CT molecular complexity index is 245. The van der Waals surface area contributed by atoms with Crippen LogP contribution in [0.15, 0.2) is 0 Å². The molecule has 1 rings (SSSR count). The van der Waals surface area contributed by atoms with E-state index in [-0.39, 0.29) is 5.97 Å². The van der Waals surface area contributed by atoms with Crippen molar-refractivity contribution < 1.29 is 9.53 Å². The van der Waals surface area contributed by atoms with Gasteiger partial charge in [-0.15, -0.1) is 11.6 Å². The van der Waals surface area contributed by atoms with E-state index in [1.807, 2.05) is 20.8 Å². The van der Waals surface area contributed by atoms with Crippen LogP contribution in [0.25, 0.3) is 0 Å². The molecule has 0 amide bonds. The van der Waals surface area contributed by atoms with Crippen molar-refractivity contribution in [2.75, 3.05) is 45.1 Å². The van der Waals surface area contributed by atoms with Crippen LogP contribution in [0.3, 0.4) is 0 Å². The summed E-state index contributed by atoms with van der Waals surface area (Å²) in [4.78, 5) is 16.1. The number of carbonyl (C=O) groups excluding carboxylic acids is 1. The standard InChI is InChI=1S/C12H23ClN2O2/c1-12(2,3)17-11(16)10-15-8-6-14(5-4-13)7-9-15/h4-10H2,1-3H3. The fraction of sp³-hybridized carbons (Fsp3) is 0.917. The van der Waals surface area contributed by atoms with Crippen molar-refractivity contribution in [2.45, 2.75) is 26.4 Å². The number of nitrogens with zero attached hydrogens (tertiary/aromatic N) is 2. The predicted molar refractivity (Wildman–Crippen MR) is 69.4 cm³/mol. The van der Waals surface area contributed by atoms with Crippen molar-refractivity contribution in [3.8, 4) is 0 Å². The predicted octanol–water partition coefficient (Wildman–Crippen LogP) is 1.18. The smallest absolute Gasteiger partial charge is 0.320 e. The first-order valence-corrected chi connectivity index (χ1v) is 6.67. The lowest BCUT2D eigenvalue weighted by atomic mass is 10.2. The third-order valence-corrected chi connectivity index (χ3v) is 2.81. The van der Waals surface area contributed by atoms with Crippen LogP contribution < -0.4 is 0 Å². The quantitative estimate of drug-likeness (QED) is 0.563. The molecule has 0 spiro atoms. The Morgan fingerprint density at radius 3 is 2.18 bits per heavy atom. The van der Waals surface area contributed by atoms with Crippen LogP contribution in [0.5, 0.6) is 0 Å². The summed E-state index contributed by atoms with van der Waals surface area (Å²) in [6, 6.07) is 0. The third-order valence-electron chi connectivity index (χ3n) is 2.64. The monoisotopic (exact) mass is 262 g/mol. The Morgan fingerprint density at radius 1 is 1.18 bits per heavy atom. The van der Waals surface area contributed by atoms with E-state index < -0.39 is 5.60 Å². The second kappa shape index (κ2) is 6.57. The van der Waals surface area contributed by atoms with Gasteiger partial charge in [-0.1, -0.05) is 0 Å². The van der Waals surface area contributed by atoms with Crippen molar-refractivity contribution in [3.05, 3.63) is 0 Å². The molecule has 100 valence electrons. The minimum Gasteiger partial charge on any atom is -0.459 e. The van der Waals surface area contributed by atoms with Gasteiger partial charge in [-0.25, -0.2) is 0 Å². The Balaban J connectivity index is 2.24. The molecule has 0 N–H and O–H groups in total. The molecule has 1 heterocycles. The molecule has 0 atom stereocenters. The van der Waals surface area contributed by atoms with Gasteiger partial charge in [0, 0.05) is 38.6 Å². The van der Waals surface area contributed by atoms with Crippen LogP contribution in [0, 0.1) is 0 Å². The maximum atomic E-state index is 11.6. The Kier molecular flexibility index (Phi) is 5.70. The van der Waals surface area contributed by atoms with Crippen LogP contribution in [-0.2, 0) is 9.53 Å². The molecule has 0 radical (unpaired) electrons. The zero-order chi connectivity index (χ0) is 12.9. The first-order valence-electron chi connectivity index (χ1n) is 6.13. The molecular formula is C12H23ClN2O2. The summed E-state index contributed by atoms with van der Waals surface area (Å²) in [5, 5.41) is 0. The minimum atomic E-state index is -0.391. The van der Waals surface area contributed by atoms with Crippen molar-refractivity contribution in [1.82, 2.24) is 9.80 Å². The maximum absolute atomic E-state index is 11.6. The number of esters is 1. The molecule has 0 bridgehead atoms. The van der Waals surface area contributed by atoms with E-state index in [1.165, 1.54) is 0 Å². The topological polar surface area (TPSA) is 32.8 Å². The molecule has 5 heteroatoms. The molecule has 0 aliphatic carbocycles. The Morgan fingerprint density at radius 2 is 1.71 bits per heavy atom. The second-order valence-electron chi connectivity index (χ2n) is 5.39. The van der Waals surface area contributed by atoms with E-state index in [4.69, 9.17) is 16.3 Å². The van der Waals surface area contributed by atoms with Crippen LogP contribution in [0.1, 0.15) is 20.8 Å². The maximum Gasteiger partial charge on any atom is 0.320 e. The lowest BCUT2D eigenvalue weighted by Crippen LogP contribution is -2.49. The van der Waals surface area contributed by atoms with Crippen molar-refractivity contribution in [2.24, 2.45) is 0 Å². The normalized spacial score (nSPS) is 19.3. The molecule has 1 aliphatic heterocycles. The number of ether oxygens (including phenoxy) is 1. The zero-order valence-corrected chi connectivity index (χ0v) is 11.8. The highest BCUT2D eigenvalue weighted by Gasteiger charge is 2.22.